The average molecular weight is 231 g/mol. The van der Waals surface area contributed by atoms with Crippen LogP contribution < -0.4 is 5.73 Å². The fourth-order valence-corrected chi connectivity index (χ4v) is 2.41. The molecule has 0 saturated carbocycles. The SMILES string of the molecule is Nc1ccc2cnn(CC3CCOCC3)c2c1. The van der Waals surface area contributed by atoms with Crippen LogP contribution >= 0.6 is 0 Å². The van der Waals surface area contributed by atoms with E-state index in [1.165, 1.54) is 0 Å². The van der Waals surface area contributed by atoms with Gasteiger partial charge in [-0.15, -0.1) is 0 Å². The first-order valence-corrected chi connectivity index (χ1v) is 6.12. The second kappa shape index (κ2) is 4.37. The summed E-state index contributed by atoms with van der Waals surface area (Å²) in [6.45, 7) is 2.73. The van der Waals surface area contributed by atoms with E-state index < -0.39 is 0 Å². The summed E-state index contributed by atoms with van der Waals surface area (Å²) < 4.78 is 7.45. The van der Waals surface area contributed by atoms with Crippen LogP contribution in [0.15, 0.2) is 24.4 Å². The van der Waals surface area contributed by atoms with E-state index in [1.807, 2.05) is 24.4 Å². The number of nitrogens with two attached hydrogens (primary N) is 1. The van der Waals surface area contributed by atoms with Crippen molar-refractivity contribution in [2.45, 2.75) is 19.4 Å². The van der Waals surface area contributed by atoms with E-state index in [2.05, 4.69) is 9.78 Å². The molecule has 1 aliphatic heterocycles. The third kappa shape index (κ3) is 2.13. The number of nitrogen functional groups attached to an aromatic ring is 1. The van der Waals surface area contributed by atoms with Crippen LogP contribution in [0.3, 0.4) is 0 Å². The Balaban J connectivity index is 1.86. The molecule has 1 saturated heterocycles. The van der Waals surface area contributed by atoms with Crippen molar-refractivity contribution in [3.63, 3.8) is 0 Å². The molecule has 2 N–H and O–H groups in total. The van der Waals surface area contributed by atoms with Crippen LogP contribution in [0, 0.1) is 5.92 Å². The van der Waals surface area contributed by atoms with Gasteiger partial charge in [0.25, 0.3) is 0 Å². The van der Waals surface area contributed by atoms with E-state index in [9.17, 15) is 0 Å². The first-order valence-electron chi connectivity index (χ1n) is 6.12. The van der Waals surface area contributed by atoms with Crippen LogP contribution in [0.5, 0.6) is 0 Å². The van der Waals surface area contributed by atoms with Gasteiger partial charge in [-0.3, -0.25) is 4.68 Å². The molecule has 3 rings (SSSR count). The molecule has 0 unspecified atom stereocenters. The van der Waals surface area contributed by atoms with Crippen LogP contribution in [0.1, 0.15) is 12.8 Å². The van der Waals surface area contributed by atoms with Crippen molar-refractivity contribution in [3.05, 3.63) is 24.4 Å². The molecule has 1 aliphatic rings. The number of hydrogen-bond acceptors (Lipinski definition) is 3. The number of nitrogens with zero attached hydrogens (tertiary/aromatic N) is 2. The van der Waals surface area contributed by atoms with Crippen molar-refractivity contribution in [1.82, 2.24) is 9.78 Å². The van der Waals surface area contributed by atoms with Gasteiger partial charge in [0.1, 0.15) is 0 Å². The highest BCUT2D eigenvalue weighted by Crippen LogP contribution is 2.21. The molecule has 4 nitrogen and oxygen atoms in total. The van der Waals surface area contributed by atoms with Crippen molar-refractivity contribution in [2.24, 2.45) is 5.92 Å². The lowest BCUT2D eigenvalue weighted by molar-refractivity contribution is 0.0605. The zero-order valence-corrected chi connectivity index (χ0v) is 9.80. The zero-order valence-electron chi connectivity index (χ0n) is 9.80. The summed E-state index contributed by atoms with van der Waals surface area (Å²) >= 11 is 0. The maximum atomic E-state index is 5.82. The highest BCUT2D eigenvalue weighted by molar-refractivity contribution is 5.81. The second-order valence-corrected chi connectivity index (χ2v) is 4.70. The molecule has 0 spiro atoms. The molecule has 2 heterocycles. The van der Waals surface area contributed by atoms with Crippen molar-refractivity contribution >= 4 is 16.6 Å². The van der Waals surface area contributed by atoms with E-state index in [4.69, 9.17) is 10.5 Å². The van der Waals surface area contributed by atoms with Crippen LogP contribution in [0.4, 0.5) is 5.69 Å². The first-order chi connectivity index (χ1) is 8.33. The van der Waals surface area contributed by atoms with Gasteiger partial charge in [-0.05, 0) is 37.0 Å². The van der Waals surface area contributed by atoms with Gasteiger partial charge in [-0.1, -0.05) is 0 Å². The lowest BCUT2D eigenvalue weighted by Gasteiger charge is -2.22. The Morgan fingerprint density at radius 2 is 2.18 bits per heavy atom. The third-order valence-electron chi connectivity index (χ3n) is 3.44. The summed E-state index contributed by atoms with van der Waals surface area (Å²) in [6, 6.07) is 5.95. The quantitative estimate of drug-likeness (QED) is 0.805. The molecular weight excluding hydrogens is 214 g/mol. The Bertz CT molecular complexity index is 514. The Morgan fingerprint density at radius 3 is 3.00 bits per heavy atom. The zero-order chi connectivity index (χ0) is 11.7. The van der Waals surface area contributed by atoms with Crippen molar-refractivity contribution in [2.75, 3.05) is 18.9 Å². The van der Waals surface area contributed by atoms with Crippen LogP contribution in [0.25, 0.3) is 10.9 Å². The van der Waals surface area contributed by atoms with E-state index in [1.54, 1.807) is 0 Å². The molecule has 1 fully saturated rings. The first kappa shape index (κ1) is 10.6. The van der Waals surface area contributed by atoms with Gasteiger partial charge in [-0.25, -0.2) is 0 Å². The second-order valence-electron chi connectivity index (χ2n) is 4.70. The number of anilines is 1. The summed E-state index contributed by atoms with van der Waals surface area (Å²) in [4.78, 5) is 0. The molecule has 1 aromatic carbocycles. The van der Waals surface area contributed by atoms with Gasteiger partial charge >= 0.3 is 0 Å². The fourth-order valence-electron chi connectivity index (χ4n) is 2.41. The smallest absolute Gasteiger partial charge is 0.0702 e. The number of aromatic nitrogens is 2. The minimum Gasteiger partial charge on any atom is -0.399 e. The minimum absolute atomic E-state index is 0.674. The van der Waals surface area contributed by atoms with Gasteiger partial charge in [0.2, 0.25) is 0 Å². The van der Waals surface area contributed by atoms with Gasteiger partial charge in [0.15, 0.2) is 0 Å². The largest absolute Gasteiger partial charge is 0.399 e. The number of benzene rings is 1. The summed E-state index contributed by atoms with van der Waals surface area (Å²) in [5, 5.41) is 5.61. The monoisotopic (exact) mass is 231 g/mol. The van der Waals surface area contributed by atoms with Gasteiger partial charge in [0, 0.05) is 30.8 Å². The molecule has 17 heavy (non-hydrogen) atoms. The lowest BCUT2D eigenvalue weighted by atomic mass is 10.0. The third-order valence-corrected chi connectivity index (χ3v) is 3.44. The highest BCUT2D eigenvalue weighted by atomic mass is 16.5. The summed E-state index contributed by atoms with van der Waals surface area (Å²) in [5.41, 5.74) is 7.76. The normalized spacial score (nSPS) is 17.6. The van der Waals surface area contributed by atoms with E-state index in [-0.39, 0.29) is 0 Å². The Hall–Kier alpha value is -1.55. The number of rotatable bonds is 2. The molecule has 2 aromatic rings. The molecule has 0 radical (unpaired) electrons. The summed E-state index contributed by atoms with van der Waals surface area (Å²) in [5.74, 6) is 0.674. The lowest BCUT2D eigenvalue weighted by Crippen LogP contribution is -2.20. The van der Waals surface area contributed by atoms with Crippen molar-refractivity contribution < 1.29 is 4.74 Å². The van der Waals surface area contributed by atoms with E-state index in [0.29, 0.717) is 5.92 Å². The number of ether oxygens (including phenoxy) is 1. The number of hydrogen-bond donors (Lipinski definition) is 1. The van der Waals surface area contributed by atoms with E-state index in [0.717, 1.165) is 49.2 Å². The summed E-state index contributed by atoms with van der Waals surface area (Å²) in [6.07, 6.45) is 4.17. The number of fused-ring (bicyclic) bond motifs is 1. The Labute approximate surface area is 100 Å². The van der Waals surface area contributed by atoms with Crippen LogP contribution in [0.2, 0.25) is 0 Å². The van der Waals surface area contributed by atoms with Gasteiger partial charge < -0.3 is 10.5 Å². The summed E-state index contributed by atoms with van der Waals surface area (Å²) in [7, 11) is 0. The molecule has 4 heteroatoms. The highest BCUT2D eigenvalue weighted by Gasteiger charge is 2.15. The maximum Gasteiger partial charge on any atom is 0.0702 e. The fraction of sp³-hybridized carbons (Fsp3) is 0.462. The molecule has 1 aromatic heterocycles. The van der Waals surface area contributed by atoms with E-state index >= 15 is 0 Å². The molecule has 90 valence electrons. The average Bonchev–Trinajstić information content (AvgIpc) is 2.73. The van der Waals surface area contributed by atoms with Gasteiger partial charge in [0.05, 0.1) is 11.7 Å². The predicted octanol–water partition coefficient (Wildman–Crippen LogP) is 2.05. The molecular formula is C13H17N3O. The van der Waals surface area contributed by atoms with Crippen molar-refractivity contribution in [3.8, 4) is 0 Å². The van der Waals surface area contributed by atoms with Crippen molar-refractivity contribution in [1.29, 1.82) is 0 Å². The standard InChI is InChI=1S/C13H17N3O/c14-12-2-1-11-8-15-16(13(11)7-12)9-10-3-5-17-6-4-10/h1-2,7-8,10H,3-6,9,14H2. The molecule has 0 atom stereocenters. The molecule has 0 bridgehead atoms. The minimum atomic E-state index is 0.674. The predicted molar refractivity (Wildman–Crippen MR) is 67.7 cm³/mol. The van der Waals surface area contributed by atoms with Gasteiger partial charge in [-0.2, -0.15) is 5.10 Å². The molecule has 0 aliphatic carbocycles. The topological polar surface area (TPSA) is 53.1 Å². The molecule has 0 amide bonds. The maximum absolute atomic E-state index is 5.82. The van der Waals surface area contributed by atoms with Crippen LogP contribution in [-0.2, 0) is 11.3 Å². The Kier molecular flexibility index (Phi) is 2.73. The van der Waals surface area contributed by atoms with Crippen LogP contribution in [-0.4, -0.2) is 23.0 Å². The Morgan fingerprint density at radius 1 is 1.35 bits per heavy atom.